The summed E-state index contributed by atoms with van der Waals surface area (Å²) in [6.07, 6.45) is 0. The van der Waals surface area contributed by atoms with Gasteiger partial charge in [-0.2, -0.15) is 0 Å². The molecule has 6 nitrogen and oxygen atoms in total. The molecule has 0 spiro atoms. The molecule has 2 rings (SSSR count). The van der Waals surface area contributed by atoms with Gasteiger partial charge < -0.3 is 5.32 Å². The van der Waals surface area contributed by atoms with Crippen LogP contribution in [0.25, 0.3) is 0 Å². The molecule has 108 valence electrons. The van der Waals surface area contributed by atoms with Crippen molar-refractivity contribution in [3.63, 3.8) is 0 Å². The van der Waals surface area contributed by atoms with Crippen LogP contribution in [0.3, 0.4) is 0 Å². The molecular formula is C12H6BrCl2N3O3. The summed E-state index contributed by atoms with van der Waals surface area (Å²) >= 11 is 14.6. The minimum Gasteiger partial charge on any atom is -0.316 e. The van der Waals surface area contributed by atoms with Gasteiger partial charge in [0.05, 0.1) is 10.5 Å². The summed E-state index contributed by atoms with van der Waals surface area (Å²) in [6, 6.07) is 7.06. The second-order valence-electron chi connectivity index (χ2n) is 3.85. The van der Waals surface area contributed by atoms with Gasteiger partial charge in [0.1, 0.15) is 16.0 Å². The van der Waals surface area contributed by atoms with Crippen LogP contribution in [0, 0.1) is 10.1 Å². The monoisotopic (exact) mass is 389 g/mol. The predicted octanol–water partition coefficient (Wildman–Crippen LogP) is 4.31. The number of nitro groups is 1. The third kappa shape index (κ3) is 3.69. The third-order valence-electron chi connectivity index (χ3n) is 2.46. The van der Waals surface area contributed by atoms with E-state index < -0.39 is 10.8 Å². The van der Waals surface area contributed by atoms with Crippen LogP contribution in [0.4, 0.5) is 11.4 Å². The van der Waals surface area contributed by atoms with Crippen LogP contribution in [0.1, 0.15) is 10.4 Å². The number of nitrogens with zero attached hydrogens (tertiary/aromatic N) is 2. The molecule has 0 unspecified atom stereocenters. The highest BCUT2D eigenvalue weighted by Crippen LogP contribution is 2.29. The minimum atomic E-state index is -0.616. The van der Waals surface area contributed by atoms with E-state index in [0.29, 0.717) is 4.47 Å². The van der Waals surface area contributed by atoms with Crippen molar-refractivity contribution in [1.29, 1.82) is 0 Å². The zero-order chi connectivity index (χ0) is 15.6. The molecule has 0 saturated carbocycles. The highest BCUT2D eigenvalue weighted by atomic mass is 79.9. The van der Waals surface area contributed by atoms with E-state index in [1.807, 2.05) is 0 Å². The first-order chi connectivity index (χ1) is 9.88. The van der Waals surface area contributed by atoms with Crippen LogP contribution in [-0.4, -0.2) is 15.8 Å². The molecule has 1 heterocycles. The van der Waals surface area contributed by atoms with Gasteiger partial charge in [-0.15, -0.1) is 0 Å². The molecule has 0 aliphatic carbocycles. The standard InChI is InChI=1S/C12H6BrCl2N3O3/c13-6-1-3-8(9(5-6)18(20)21)16-12(19)7-2-4-10(14)17-11(7)15/h1-5H,(H,16,19). The van der Waals surface area contributed by atoms with Crippen molar-refractivity contribution in [2.45, 2.75) is 0 Å². The Balaban J connectivity index is 2.34. The van der Waals surface area contributed by atoms with Gasteiger partial charge in [0, 0.05) is 10.5 Å². The molecule has 9 heteroatoms. The highest BCUT2D eigenvalue weighted by Gasteiger charge is 2.19. The number of amides is 1. The number of anilines is 1. The summed E-state index contributed by atoms with van der Waals surface area (Å²) in [5.74, 6) is -0.616. The smallest absolute Gasteiger partial charge is 0.293 e. The molecule has 1 aromatic heterocycles. The van der Waals surface area contributed by atoms with Gasteiger partial charge in [0.2, 0.25) is 0 Å². The lowest BCUT2D eigenvalue weighted by Crippen LogP contribution is -2.14. The first-order valence-electron chi connectivity index (χ1n) is 5.46. The molecule has 0 atom stereocenters. The van der Waals surface area contributed by atoms with Gasteiger partial charge in [-0.05, 0) is 24.3 Å². The Morgan fingerprint density at radius 3 is 2.62 bits per heavy atom. The zero-order valence-electron chi connectivity index (χ0n) is 10.1. The number of carbonyl (C=O) groups is 1. The summed E-state index contributed by atoms with van der Waals surface area (Å²) in [7, 11) is 0. The highest BCUT2D eigenvalue weighted by molar-refractivity contribution is 9.10. The van der Waals surface area contributed by atoms with Crippen LogP contribution in [0.5, 0.6) is 0 Å². The number of rotatable bonds is 3. The van der Waals surface area contributed by atoms with E-state index in [9.17, 15) is 14.9 Å². The van der Waals surface area contributed by atoms with E-state index in [1.165, 1.54) is 24.3 Å². The maximum absolute atomic E-state index is 12.1. The largest absolute Gasteiger partial charge is 0.316 e. The number of nitrogens with one attached hydrogen (secondary N) is 1. The van der Waals surface area contributed by atoms with Crippen molar-refractivity contribution >= 4 is 56.4 Å². The van der Waals surface area contributed by atoms with Crippen molar-refractivity contribution < 1.29 is 9.72 Å². The Morgan fingerprint density at radius 2 is 2.00 bits per heavy atom. The summed E-state index contributed by atoms with van der Waals surface area (Å²) in [5, 5.41) is 13.5. The summed E-state index contributed by atoms with van der Waals surface area (Å²) in [5.41, 5.74) is -0.117. The van der Waals surface area contributed by atoms with Crippen molar-refractivity contribution in [3.05, 3.63) is 60.8 Å². The predicted molar refractivity (Wildman–Crippen MR) is 83.0 cm³/mol. The lowest BCUT2D eigenvalue weighted by atomic mass is 10.2. The van der Waals surface area contributed by atoms with E-state index in [1.54, 1.807) is 6.07 Å². The molecule has 2 aromatic rings. The Bertz CT molecular complexity index is 740. The Kier molecular flexibility index (Phi) is 4.76. The fourth-order valence-corrected chi connectivity index (χ4v) is 2.31. The Labute approximate surface area is 137 Å². The van der Waals surface area contributed by atoms with E-state index in [2.05, 4.69) is 26.2 Å². The Morgan fingerprint density at radius 1 is 1.29 bits per heavy atom. The second-order valence-corrected chi connectivity index (χ2v) is 5.51. The summed E-state index contributed by atoms with van der Waals surface area (Å²) in [4.78, 5) is 26.2. The maximum Gasteiger partial charge on any atom is 0.293 e. The molecule has 0 aliphatic heterocycles. The number of hydrogen-bond acceptors (Lipinski definition) is 4. The molecular weight excluding hydrogens is 385 g/mol. The minimum absolute atomic E-state index is 0.0548. The van der Waals surface area contributed by atoms with Gasteiger partial charge in [-0.1, -0.05) is 39.1 Å². The fourth-order valence-electron chi connectivity index (χ4n) is 1.53. The number of hydrogen-bond donors (Lipinski definition) is 1. The van der Waals surface area contributed by atoms with Gasteiger partial charge >= 0.3 is 0 Å². The molecule has 0 radical (unpaired) electrons. The van der Waals surface area contributed by atoms with E-state index in [-0.39, 0.29) is 27.2 Å². The van der Waals surface area contributed by atoms with Gasteiger partial charge in [-0.25, -0.2) is 4.98 Å². The molecule has 0 bridgehead atoms. The SMILES string of the molecule is O=C(Nc1ccc(Br)cc1[N+](=O)[O-])c1ccc(Cl)nc1Cl. The van der Waals surface area contributed by atoms with Crippen LogP contribution >= 0.6 is 39.1 Å². The number of carbonyl (C=O) groups excluding carboxylic acids is 1. The second kappa shape index (κ2) is 6.38. The first kappa shape index (κ1) is 15.7. The summed E-state index contributed by atoms with van der Waals surface area (Å²) < 4.78 is 0.526. The average Bonchev–Trinajstić information content (AvgIpc) is 2.40. The number of benzene rings is 1. The van der Waals surface area contributed by atoms with Crippen LogP contribution in [0.2, 0.25) is 10.3 Å². The van der Waals surface area contributed by atoms with Gasteiger partial charge in [0.25, 0.3) is 11.6 Å². The van der Waals surface area contributed by atoms with Crippen molar-refractivity contribution in [1.82, 2.24) is 4.98 Å². The number of nitro benzene ring substituents is 1. The number of pyridine rings is 1. The van der Waals surface area contributed by atoms with Crippen molar-refractivity contribution in [3.8, 4) is 0 Å². The van der Waals surface area contributed by atoms with E-state index in [0.717, 1.165) is 0 Å². The molecule has 0 aliphatic rings. The van der Waals surface area contributed by atoms with Crippen LogP contribution in [0.15, 0.2) is 34.8 Å². The third-order valence-corrected chi connectivity index (χ3v) is 3.46. The fraction of sp³-hybridized carbons (Fsp3) is 0. The first-order valence-corrected chi connectivity index (χ1v) is 7.00. The maximum atomic E-state index is 12.1. The average molecular weight is 391 g/mol. The molecule has 21 heavy (non-hydrogen) atoms. The molecule has 0 fully saturated rings. The quantitative estimate of drug-likeness (QED) is 0.480. The molecule has 1 N–H and O–H groups in total. The molecule has 1 aromatic carbocycles. The van der Waals surface area contributed by atoms with Gasteiger partial charge in [-0.3, -0.25) is 14.9 Å². The number of aromatic nitrogens is 1. The lowest BCUT2D eigenvalue weighted by Gasteiger charge is -2.07. The number of halogens is 3. The molecule has 0 saturated heterocycles. The van der Waals surface area contributed by atoms with Crippen LogP contribution in [-0.2, 0) is 0 Å². The van der Waals surface area contributed by atoms with E-state index in [4.69, 9.17) is 23.2 Å². The lowest BCUT2D eigenvalue weighted by molar-refractivity contribution is -0.384. The van der Waals surface area contributed by atoms with Crippen LogP contribution < -0.4 is 5.32 Å². The topological polar surface area (TPSA) is 85.1 Å². The zero-order valence-corrected chi connectivity index (χ0v) is 13.2. The summed E-state index contributed by atoms with van der Waals surface area (Å²) in [6.45, 7) is 0. The normalized spacial score (nSPS) is 10.2. The van der Waals surface area contributed by atoms with Crippen molar-refractivity contribution in [2.24, 2.45) is 0 Å². The Hall–Kier alpha value is -1.70. The van der Waals surface area contributed by atoms with Crippen molar-refractivity contribution in [2.75, 3.05) is 5.32 Å². The van der Waals surface area contributed by atoms with Gasteiger partial charge in [0.15, 0.2) is 0 Å². The molecule has 1 amide bonds. The van der Waals surface area contributed by atoms with E-state index >= 15 is 0 Å².